The summed E-state index contributed by atoms with van der Waals surface area (Å²) in [4.78, 5) is 16.8. The van der Waals surface area contributed by atoms with Crippen molar-refractivity contribution in [3.05, 3.63) is 4.88 Å². The molecule has 4 N–H and O–H groups in total. The molecule has 1 aromatic rings. The van der Waals surface area contributed by atoms with Crippen LogP contribution in [0.25, 0.3) is 0 Å². The summed E-state index contributed by atoms with van der Waals surface area (Å²) in [5.74, 6) is 0.0794. The summed E-state index contributed by atoms with van der Waals surface area (Å²) in [6.07, 6.45) is 0. The van der Waals surface area contributed by atoms with Crippen molar-refractivity contribution in [2.45, 2.75) is 33.7 Å². The Bertz CT molecular complexity index is 454. The van der Waals surface area contributed by atoms with Crippen molar-refractivity contribution in [2.24, 2.45) is 5.41 Å². The van der Waals surface area contributed by atoms with E-state index in [1.165, 1.54) is 11.3 Å². The van der Waals surface area contributed by atoms with Crippen molar-refractivity contribution in [1.82, 2.24) is 10.3 Å². The van der Waals surface area contributed by atoms with Gasteiger partial charge in [0.2, 0.25) is 0 Å². The van der Waals surface area contributed by atoms with Gasteiger partial charge in [-0.05, 0) is 12.3 Å². The lowest BCUT2D eigenvalue weighted by atomic mass is 9.88. The number of nitrogens with zero attached hydrogens (tertiary/aromatic N) is 1. The highest BCUT2D eigenvalue weighted by Gasteiger charge is 2.24. The van der Waals surface area contributed by atoms with Crippen LogP contribution in [-0.4, -0.2) is 37.2 Å². The molecule has 1 aromatic heterocycles. The number of rotatable bonds is 6. The first-order chi connectivity index (χ1) is 9.25. The second kappa shape index (κ2) is 6.90. The summed E-state index contributed by atoms with van der Waals surface area (Å²) in [6.45, 7) is 9.40. The van der Waals surface area contributed by atoms with Crippen LogP contribution >= 0.6 is 11.3 Å². The number of thiazole rings is 1. The molecule has 0 saturated heterocycles. The number of carbonyl (C=O) groups is 1. The highest BCUT2D eigenvalue weighted by atomic mass is 32.1. The minimum absolute atomic E-state index is 0.00530. The van der Waals surface area contributed by atoms with Crippen LogP contribution in [0, 0.1) is 5.41 Å². The summed E-state index contributed by atoms with van der Waals surface area (Å²) < 4.78 is 4.94. The number of ether oxygens (including phenoxy) is 1. The number of nitrogen functional groups attached to an aromatic ring is 1. The first-order valence-corrected chi connectivity index (χ1v) is 7.37. The maximum absolute atomic E-state index is 12.2. The highest BCUT2D eigenvalue weighted by molar-refractivity contribution is 7.18. The zero-order chi connectivity index (χ0) is 15.3. The molecule has 20 heavy (non-hydrogen) atoms. The van der Waals surface area contributed by atoms with Crippen molar-refractivity contribution in [3.63, 3.8) is 0 Å². The summed E-state index contributed by atoms with van der Waals surface area (Å²) in [7, 11) is 1.63. The fraction of sp³-hybridized carbons (Fsp3) is 0.692. The number of nitrogens with two attached hydrogens (primary N) is 1. The first kappa shape index (κ1) is 16.7. The number of amides is 1. The van der Waals surface area contributed by atoms with Crippen LogP contribution in [0.2, 0.25) is 0 Å². The van der Waals surface area contributed by atoms with E-state index in [9.17, 15) is 4.79 Å². The van der Waals surface area contributed by atoms with Crippen LogP contribution in [0.3, 0.4) is 0 Å². The second-order valence-electron chi connectivity index (χ2n) is 5.71. The molecule has 0 spiro atoms. The van der Waals surface area contributed by atoms with Gasteiger partial charge >= 0.3 is 0 Å². The van der Waals surface area contributed by atoms with E-state index in [0.29, 0.717) is 23.2 Å². The SMILES string of the molecule is COCCNc1nc(N)c(C(=O)NC(C)C(C)(C)C)s1. The topological polar surface area (TPSA) is 89.3 Å². The highest BCUT2D eigenvalue weighted by Crippen LogP contribution is 2.26. The molecule has 0 aliphatic heterocycles. The smallest absolute Gasteiger partial charge is 0.265 e. The minimum atomic E-state index is -0.179. The number of hydrogen-bond acceptors (Lipinski definition) is 6. The summed E-state index contributed by atoms with van der Waals surface area (Å²) in [6, 6.07) is 0.0430. The fourth-order valence-electron chi connectivity index (χ4n) is 1.31. The summed E-state index contributed by atoms with van der Waals surface area (Å²) in [5.41, 5.74) is 5.79. The standard InChI is InChI=1S/C13H24N4O2S/c1-8(13(2,3)4)16-11(18)9-10(14)17-12(20-9)15-6-7-19-5/h8H,6-7,14H2,1-5H3,(H,15,17)(H,16,18). The Kier molecular flexibility index (Phi) is 5.76. The Balaban J connectivity index is 2.69. The van der Waals surface area contributed by atoms with Gasteiger partial charge in [-0.25, -0.2) is 4.98 Å². The van der Waals surface area contributed by atoms with Gasteiger partial charge in [-0.3, -0.25) is 4.79 Å². The Labute approximate surface area is 124 Å². The molecule has 0 aliphatic carbocycles. The predicted octanol–water partition coefficient (Wildman–Crippen LogP) is 1.95. The molecule has 0 aliphatic rings. The van der Waals surface area contributed by atoms with Crippen LogP contribution in [0.5, 0.6) is 0 Å². The van der Waals surface area contributed by atoms with Gasteiger partial charge in [0.1, 0.15) is 10.7 Å². The molecule has 1 unspecified atom stereocenters. The molecule has 1 heterocycles. The monoisotopic (exact) mass is 300 g/mol. The van der Waals surface area contributed by atoms with E-state index >= 15 is 0 Å². The van der Waals surface area contributed by atoms with E-state index in [1.807, 2.05) is 6.92 Å². The largest absolute Gasteiger partial charge is 0.383 e. The Morgan fingerprint density at radius 3 is 2.70 bits per heavy atom. The van der Waals surface area contributed by atoms with E-state index in [4.69, 9.17) is 10.5 Å². The van der Waals surface area contributed by atoms with Gasteiger partial charge in [-0.2, -0.15) is 0 Å². The number of anilines is 2. The second-order valence-corrected chi connectivity index (χ2v) is 6.71. The molecule has 1 rings (SSSR count). The van der Waals surface area contributed by atoms with Crippen LogP contribution in [-0.2, 0) is 4.74 Å². The van der Waals surface area contributed by atoms with Crippen molar-refractivity contribution >= 4 is 28.2 Å². The van der Waals surface area contributed by atoms with Crippen LogP contribution in [0.15, 0.2) is 0 Å². The summed E-state index contributed by atoms with van der Waals surface area (Å²) >= 11 is 1.26. The molecule has 0 radical (unpaired) electrons. The third-order valence-corrected chi connectivity index (χ3v) is 4.12. The molecule has 1 amide bonds. The third-order valence-electron chi connectivity index (χ3n) is 3.09. The van der Waals surface area contributed by atoms with Gasteiger partial charge < -0.3 is 21.1 Å². The minimum Gasteiger partial charge on any atom is -0.383 e. The van der Waals surface area contributed by atoms with Crippen molar-refractivity contribution in [1.29, 1.82) is 0 Å². The van der Waals surface area contributed by atoms with E-state index < -0.39 is 0 Å². The lowest BCUT2D eigenvalue weighted by Crippen LogP contribution is -2.41. The van der Waals surface area contributed by atoms with E-state index in [2.05, 4.69) is 36.4 Å². The average molecular weight is 300 g/mol. The van der Waals surface area contributed by atoms with Crippen molar-refractivity contribution < 1.29 is 9.53 Å². The lowest BCUT2D eigenvalue weighted by Gasteiger charge is -2.27. The Morgan fingerprint density at radius 2 is 2.15 bits per heavy atom. The lowest BCUT2D eigenvalue weighted by molar-refractivity contribution is 0.0915. The number of hydrogen-bond donors (Lipinski definition) is 3. The van der Waals surface area contributed by atoms with E-state index in [0.717, 1.165) is 0 Å². The molecule has 0 aromatic carbocycles. The zero-order valence-corrected chi connectivity index (χ0v) is 13.6. The van der Waals surface area contributed by atoms with Gasteiger partial charge in [0.05, 0.1) is 6.61 Å². The van der Waals surface area contributed by atoms with Crippen LogP contribution in [0.4, 0.5) is 10.9 Å². The van der Waals surface area contributed by atoms with Crippen LogP contribution in [0.1, 0.15) is 37.4 Å². The third kappa shape index (κ3) is 4.64. The van der Waals surface area contributed by atoms with Gasteiger partial charge in [-0.15, -0.1) is 0 Å². The average Bonchev–Trinajstić information content (AvgIpc) is 2.69. The summed E-state index contributed by atoms with van der Waals surface area (Å²) in [5, 5.41) is 6.66. The van der Waals surface area contributed by atoms with Crippen LogP contribution < -0.4 is 16.4 Å². The van der Waals surface area contributed by atoms with E-state index in [1.54, 1.807) is 7.11 Å². The van der Waals surface area contributed by atoms with Gasteiger partial charge in [0, 0.05) is 19.7 Å². The Morgan fingerprint density at radius 1 is 1.50 bits per heavy atom. The molecule has 1 atom stereocenters. The molecule has 0 bridgehead atoms. The maximum atomic E-state index is 12.2. The number of carbonyl (C=O) groups excluding carboxylic acids is 1. The molecule has 114 valence electrons. The number of aromatic nitrogens is 1. The van der Waals surface area contributed by atoms with E-state index in [-0.39, 0.29) is 23.2 Å². The first-order valence-electron chi connectivity index (χ1n) is 6.55. The van der Waals surface area contributed by atoms with Crippen molar-refractivity contribution in [3.8, 4) is 0 Å². The number of methoxy groups -OCH3 is 1. The quantitative estimate of drug-likeness (QED) is 0.699. The van der Waals surface area contributed by atoms with Gasteiger partial charge in [0.15, 0.2) is 5.13 Å². The Hall–Kier alpha value is -1.34. The van der Waals surface area contributed by atoms with Gasteiger partial charge in [-0.1, -0.05) is 32.1 Å². The molecule has 0 saturated carbocycles. The molecule has 6 nitrogen and oxygen atoms in total. The number of nitrogens with one attached hydrogen (secondary N) is 2. The van der Waals surface area contributed by atoms with Crippen molar-refractivity contribution in [2.75, 3.05) is 31.3 Å². The molecule has 7 heteroatoms. The zero-order valence-electron chi connectivity index (χ0n) is 12.7. The fourth-order valence-corrected chi connectivity index (χ4v) is 2.12. The molecular formula is C13H24N4O2S. The maximum Gasteiger partial charge on any atom is 0.265 e. The molecule has 0 fully saturated rings. The predicted molar refractivity (Wildman–Crippen MR) is 83.3 cm³/mol. The van der Waals surface area contributed by atoms with Gasteiger partial charge in [0.25, 0.3) is 5.91 Å². The normalized spacial score (nSPS) is 13.1. The molecular weight excluding hydrogens is 276 g/mol.